The van der Waals surface area contributed by atoms with Gasteiger partial charge in [0.2, 0.25) is 0 Å². The third-order valence-electron chi connectivity index (χ3n) is 4.47. The van der Waals surface area contributed by atoms with Gasteiger partial charge in [-0.1, -0.05) is 6.92 Å². The summed E-state index contributed by atoms with van der Waals surface area (Å²) in [5.74, 6) is 0.729. The van der Waals surface area contributed by atoms with E-state index in [9.17, 15) is 0 Å². The lowest BCUT2D eigenvalue weighted by Crippen LogP contribution is -2.44. The number of hydrogen-bond donors (Lipinski definition) is 1. The molecule has 17 heavy (non-hydrogen) atoms. The summed E-state index contributed by atoms with van der Waals surface area (Å²) < 4.78 is 5.56. The molecule has 0 aliphatic carbocycles. The number of likely N-dealkylation sites (tertiary alicyclic amines) is 1. The Bertz CT molecular complexity index is 216. The molecule has 1 N–H and O–H groups in total. The van der Waals surface area contributed by atoms with Gasteiger partial charge in [0.15, 0.2) is 0 Å². The Balaban J connectivity index is 1.62. The molecule has 2 heterocycles. The second kappa shape index (κ2) is 6.72. The second-order valence-corrected chi connectivity index (χ2v) is 5.78. The smallest absolute Gasteiger partial charge is 0.0724 e. The minimum Gasteiger partial charge on any atom is -0.380 e. The first-order chi connectivity index (χ1) is 8.29. The molecule has 2 rings (SSSR count). The summed E-state index contributed by atoms with van der Waals surface area (Å²) in [7, 11) is 1.85. The molecule has 2 aliphatic rings. The topological polar surface area (TPSA) is 24.5 Å². The second-order valence-electron chi connectivity index (χ2n) is 5.78. The number of hydrogen-bond acceptors (Lipinski definition) is 3. The van der Waals surface area contributed by atoms with Crippen LogP contribution < -0.4 is 5.32 Å². The summed E-state index contributed by atoms with van der Waals surface area (Å²) in [6.07, 6.45) is 7.19. The number of piperidine rings is 1. The fraction of sp³-hybridized carbons (Fsp3) is 1.00. The highest BCUT2D eigenvalue weighted by Crippen LogP contribution is 2.20. The molecule has 0 aromatic heterocycles. The Labute approximate surface area is 106 Å². The third kappa shape index (κ3) is 3.94. The first-order valence-corrected chi connectivity index (χ1v) is 7.28. The predicted molar refractivity (Wildman–Crippen MR) is 71.3 cm³/mol. The predicted octanol–water partition coefficient (Wildman–Crippen LogP) is 1.88. The fourth-order valence-corrected chi connectivity index (χ4v) is 3.17. The van der Waals surface area contributed by atoms with Gasteiger partial charge in [0, 0.05) is 19.7 Å². The van der Waals surface area contributed by atoms with Gasteiger partial charge in [0.05, 0.1) is 6.10 Å². The number of nitrogens with one attached hydrogen (secondary N) is 1. The van der Waals surface area contributed by atoms with Crippen LogP contribution in [0.15, 0.2) is 0 Å². The summed E-state index contributed by atoms with van der Waals surface area (Å²) in [4.78, 5) is 2.59. The average Bonchev–Trinajstić information content (AvgIpc) is 2.84. The number of rotatable bonds is 5. The summed E-state index contributed by atoms with van der Waals surface area (Å²) in [6.45, 7) is 7.20. The lowest BCUT2D eigenvalue weighted by molar-refractivity contribution is -0.00535. The van der Waals surface area contributed by atoms with Crippen LogP contribution in [0, 0.1) is 5.92 Å². The van der Waals surface area contributed by atoms with E-state index in [1.807, 2.05) is 7.11 Å². The summed E-state index contributed by atoms with van der Waals surface area (Å²) >= 11 is 0. The Morgan fingerprint density at radius 3 is 2.94 bits per heavy atom. The fourth-order valence-electron chi connectivity index (χ4n) is 3.17. The van der Waals surface area contributed by atoms with Crippen molar-refractivity contribution in [1.29, 1.82) is 0 Å². The van der Waals surface area contributed by atoms with Gasteiger partial charge in [-0.2, -0.15) is 0 Å². The van der Waals surface area contributed by atoms with Crippen molar-refractivity contribution >= 4 is 0 Å². The standard InChI is InChI=1S/C14H28N2O/c1-12-7-10-16(11-14(12)17-2)9-4-6-13-5-3-8-15-13/h12-15H,3-11H2,1-2H3. The molecule has 3 unspecified atom stereocenters. The van der Waals surface area contributed by atoms with Crippen LogP contribution in [0.25, 0.3) is 0 Å². The molecule has 0 radical (unpaired) electrons. The van der Waals surface area contributed by atoms with E-state index in [1.54, 1.807) is 0 Å². The molecule has 100 valence electrons. The zero-order valence-electron chi connectivity index (χ0n) is 11.5. The molecule has 0 spiro atoms. The third-order valence-corrected chi connectivity index (χ3v) is 4.47. The Hall–Kier alpha value is -0.120. The van der Waals surface area contributed by atoms with Crippen molar-refractivity contribution in [2.75, 3.05) is 33.3 Å². The van der Waals surface area contributed by atoms with Crippen molar-refractivity contribution in [2.24, 2.45) is 5.92 Å². The van der Waals surface area contributed by atoms with Gasteiger partial charge in [-0.25, -0.2) is 0 Å². The highest BCUT2D eigenvalue weighted by atomic mass is 16.5. The Morgan fingerprint density at radius 2 is 2.24 bits per heavy atom. The van der Waals surface area contributed by atoms with Gasteiger partial charge in [-0.15, -0.1) is 0 Å². The van der Waals surface area contributed by atoms with Crippen molar-refractivity contribution in [3.63, 3.8) is 0 Å². The zero-order chi connectivity index (χ0) is 12.1. The van der Waals surface area contributed by atoms with Gasteiger partial charge in [0.25, 0.3) is 0 Å². The molecule has 0 aromatic carbocycles. The molecule has 2 aliphatic heterocycles. The average molecular weight is 240 g/mol. The van der Waals surface area contributed by atoms with E-state index >= 15 is 0 Å². The molecule has 2 fully saturated rings. The Morgan fingerprint density at radius 1 is 1.35 bits per heavy atom. The van der Waals surface area contributed by atoms with Crippen LogP contribution >= 0.6 is 0 Å². The molecular formula is C14H28N2O. The minimum absolute atomic E-state index is 0.452. The number of ether oxygens (including phenoxy) is 1. The molecule has 0 bridgehead atoms. The van der Waals surface area contributed by atoms with Crippen molar-refractivity contribution in [3.8, 4) is 0 Å². The van der Waals surface area contributed by atoms with Gasteiger partial charge in [0.1, 0.15) is 0 Å². The van der Waals surface area contributed by atoms with Crippen LogP contribution in [-0.4, -0.2) is 50.3 Å². The van der Waals surface area contributed by atoms with Crippen LogP contribution in [0.1, 0.15) is 39.0 Å². The van der Waals surface area contributed by atoms with E-state index in [2.05, 4.69) is 17.1 Å². The van der Waals surface area contributed by atoms with Crippen molar-refractivity contribution < 1.29 is 4.74 Å². The Kier molecular flexibility index (Phi) is 5.26. The maximum Gasteiger partial charge on any atom is 0.0724 e. The largest absolute Gasteiger partial charge is 0.380 e. The molecule has 3 nitrogen and oxygen atoms in total. The molecule has 0 amide bonds. The van der Waals surface area contributed by atoms with Crippen LogP contribution in [0.4, 0.5) is 0 Å². The van der Waals surface area contributed by atoms with Gasteiger partial charge < -0.3 is 15.0 Å². The summed E-state index contributed by atoms with van der Waals surface area (Å²) in [5.41, 5.74) is 0. The first-order valence-electron chi connectivity index (χ1n) is 7.28. The van der Waals surface area contributed by atoms with Gasteiger partial charge in [-0.05, 0) is 57.7 Å². The maximum atomic E-state index is 5.56. The van der Waals surface area contributed by atoms with E-state index in [0.717, 1.165) is 18.5 Å². The lowest BCUT2D eigenvalue weighted by atomic mass is 9.95. The van der Waals surface area contributed by atoms with E-state index in [0.29, 0.717) is 6.10 Å². The van der Waals surface area contributed by atoms with Crippen LogP contribution in [0.5, 0.6) is 0 Å². The van der Waals surface area contributed by atoms with Crippen molar-refractivity contribution in [1.82, 2.24) is 10.2 Å². The highest BCUT2D eigenvalue weighted by molar-refractivity contribution is 4.79. The molecule has 2 saturated heterocycles. The van der Waals surface area contributed by atoms with E-state index in [4.69, 9.17) is 4.74 Å². The van der Waals surface area contributed by atoms with Crippen LogP contribution in [0.3, 0.4) is 0 Å². The molecular weight excluding hydrogens is 212 g/mol. The molecule has 0 saturated carbocycles. The SMILES string of the molecule is COC1CN(CCCC2CCCN2)CCC1C. The zero-order valence-corrected chi connectivity index (χ0v) is 11.5. The van der Waals surface area contributed by atoms with Crippen LogP contribution in [0.2, 0.25) is 0 Å². The quantitative estimate of drug-likeness (QED) is 0.794. The molecule has 3 heteroatoms. The van der Waals surface area contributed by atoms with Crippen molar-refractivity contribution in [3.05, 3.63) is 0 Å². The number of methoxy groups -OCH3 is 1. The highest BCUT2D eigenvalue weighted by Gasteiger charge is 2.25. The maximum absolute atomic E-state index is 5.56. The lowest BCUT2D eigenvalue weighted by Gasteiger charge is -2.36. The van der Waals surface area contributed by atoms with Gasteiger partial charge >= 0.3 is 0 Å². The summed E-state index contributed by atoms with van der Waals surface area (Å²) in [6, 6.07) is 0.803. The van der Waals surface area contributed by atoms with Gasteiger partial charge in [-0.3, -0.25) is 0 Å². The first kappa shape index (κ1) is 13.3. The molecule has 0 aromatic rings. The normalized spacial score (nSPS) is 35.3. The van der Waals surface area contributed by atoms with E-state index < -0.39 is 0 Å². The van der Waals surface area contributed by atoms with Crippen molar-refractivity contribution in [2.45, 2.75) is 51.2 Å². The molecule has 3 atom stereocenters. The van der Waals surface area contributed by atoms with E-state index in [1.165, 1.54) is 51.7 Å². The minimum atomic E-state index is 0.452. The van der Waals surface area contributed by atoms with E-state index in [-0.39, 0.29) is 0 Å². The number of nitrogens with zero attached hydrogens (tertiary/aromatic N) is 1. The monoisotopic (exact) mass is 240 g/mol. The van der Waals surface area contributed by atoms with Crippen LogP contribution in [-0.2, 0) is 4.74 Å². The summed E-state index contributed by atoms with van der Waals surface area (Å²) in [5, 5.41) is 3.58.